The molecule has 0 aliphatic rings. The number of aromatic nitrogens is 2. The number of carbonyl (C=O) groups is 1. The Bertz CT molecular complexity index is 563. The van der Waals surface area contributed by atoms with E-state index in [1.807, 2.05) is 43.7 Å². The number of hydrogen-bond donors (Lipinski definition) is 2. The fourth-order valence-electron chi connectivity index (χ4n) is 1.71. The van der Waals surface area contributed by atoms with E-state index < -0.39 is 0 Å². The predicted octanol–water partition coefficient (Wildman–Crippen LogP) is 1.29. The number of nitrogens with one attached hydrogen (secondary N) is 1. The number of carbonyl (C=O) groups excluding carboxylic acids is 1. The minimum atomic E-state index is -0.361. The van der Waals surface area contributed by atoms with E-state index in [0.717, 1.165) is 23.5 Å². The third kappa shape index (κ3) is 4.31. The normalized spacial score (nSPS) is 10.2. The van der Waals surface area contributed by atoms with Gasteiger partial charge in [-0.15, -0.1) is 0 Å². The van der Waals surface area contributed by atoms with E-state index in [1.54, 1.807) is 4.68 Å². The Kier molecular flexibility index (Phi) is 4.60. The Labute approximate surface area is 117 Å². The van der Waals surface area contributed by atoms with Gasteiger partial charge in [0.05, 0.1) is 19.2 Å². The van der Waals surface area contributed by atoms with Crippen molar-refractivity contribution in [2.75, 3.05) is 11.9 Å². The summed E-state index contributed by atoms with van der Waals surface area (Å²) in [5, 5.41) is 7.40. The summed E-state index contributed by atoms with van der Waals surface area (Å²) in [5.74, 6) is 0.359. The molecule has 1 aromatic carbocycles. The molecule has 6 heteroatoms. The first-order chi connectivity index (χ1) is 9.63. The van der Waals surface area contributed by atoms with Gasteiger partial charge in [-0.2, -0.15) is 5.10 Å². The van der Waals surface area contributed by atoms with Crippen molar-refractivity contribution in [3.63, 3.8) is 0 Å². The molecule has 106 valence electrons. The highest BCUT2D eigenvalue weighted by atomic mass is 16.5. The zero-order valence-electron chi connectivity index (χ0n) is 11.4. The van der Waals surface area contributed by atoms with Crippen LogP contribution in [-0.2, 0) is 18.4 Å². The SMILES string of the molecule is Cn1cc(CNc2ccc(OCCC(N)=O)cc2)cn1. The molecule has 1 amide bonds. The smallest absolute Gasteiger partial charge is 0.220 e. The van der Waals surface area contributed by atoms with Gasteiger partial charge in [-0.3, -0.25) is 9.48 Å². The molecule has 1 heterocycles. The minimum Gasteiger partial charge on any atom is -0.493 e. The van der Waals surface area contributed by atoms with Crippen molar-refractivity contribution in [2.45, 2.75) is 13.0 Å². The Morgan fingerprint density at radius 1 is 1.40 bits per heavy atom. The molecular weight excluding hydrogens is 256 g/mol. The van der Waals surface area contributed by atoms with Crippen LogP contribution in [0.5, 0.6) is 5.75 Å². The van der Waals surface area contributed by atoms with Crippen LogP contribution in [0.1, 0.15) is 12.0 Å². The zero-order valence-corrected chi connectivity index (χ0v) is 11.4. The molecule has 2 aromatic rings. The van der Waals surface area contributed by atoms with E-state index in [9.17, 15) is 4.79 Å². The largest absolute Gasteiger partial charge is 0.493 e. The van der Waals surface area contributed by atoms with Crippen LogP contribution >= 0.6 is 0 Å². The van der Waals surface area contributed by atoms with Crippen LogP contribution in [0.2, 0.25) is 0 Å². The average molecular weight is 274 g/mol. The molecule has 3 N–H and O–H groups in total. The minimum absolute atomic E-state index is 0.223. The maximum Gasteiger partial charge on any atom is 0.220 e. The number of benzene rings is 1. The molecule has 0 fully saturated rings. The van der Waals surface area contributed by atoms with Crippen molar-refractivity contribution in [1.29, 1.82) is 0 Å². The number of ether oxygens (including phenoxy) is 1. The third-order valence-corrected chi connectivity index (χ3v) is 2.73. The second-order valence-corrected chi connectivity index (χ2v) is 4.46. The summed E-state index contributed by atoms with van der Waals surface area (Å²) in [4.78, 5) is 10.6. The molecule has 0 radical (unpaired) electrons. The summed E-state index contributed by atoms with van der Waals surface area (Å²) in [6.45, 7) is 1.02. The standard InChI is InChI=1S/C14H18N4O2/c1-18-10-11(9-17-18)8-16-12-2-4-13(5-3-12)20-7-6-14(15)19/h2-5,9-10,16H,6-8H2,1H3,(H2,15,19). The van der Waals surface area contributed by atoms with Crippen molar-refractivity contribution in [1.82, 2.24) is 9.78 Å². The first-order valence-corrected chi connectivity index (χ1v) is 6.36. The van der Waals surface area contributed by atoms with Crippen molar-refractivity contribution < 1.29 is 9.53 Å². The van der Waals surface area contributed by atoms with Gasteiger partial charge in [-0.1, -0.05) is 0 Å². The lowest BCUT2D eigenvalue weighted by Gasteiger charge is -2.07. The lowest BCUT2D eigenvalue weighted by molar-refractivity contribution is -0.118. The van der Waals surface area contributed by atoms with E-state index in [2.05, 4.69) is 10.4 Å². The highest BCUT2D eigenvalue weighted by molar-refractivity contribution is 5.73. The van der Waals surface area contributed by atoms with Gasteiger partial charge >= 0.3 is 0 Å². The maximum absolute atomic E-state index is 10.6. The van der Waals surface area contributed by atoms with Crippen molar-refractivity contribution in [3.8, 4) is 5.75 Å². The Morgan fingerprint density at radius 3 is 2.75 bits per heavy atom. The quantitative estimate of drug-likeness (QED) is 0.797. The van der Waals surface area contributed by atoms with Gasteiger partial charge in [-0.25, -0.2) is 0 Å². The summed E-state index contributed by atoms with van der Waals surface area (Å²) >= 11 is 0. The number of nitrogens with two attached hydrogens (primary N) is 1. The number of amides is 1. The Hall–Kier alpha value is -2.50. The van der Waals surface area contributed by atoms with Gasteiger partial charge < -0.3 is 15.8 Å². The second-order valence-electron chi connectivity index (χ2n) is 4.46. The predicted molar refractivity (Wildman–Crippen MR) is 76.3 cm³/mol. The van der Waals surface area contributed by atoms with E-state index in [1.165, 1.54) is 0 Å². The number of aryl methyl sites for hydroxylation is 1. The summed E-state index contributed by atoms with van der Waals surface area (Å²) in [7, 11) is 1.89. The van der Waals surface area contributed by atoms with Gasteiger partial charge in [-0.05, 0) is 24.3 Å². The third-order valence-electron chi connectivity index (χ3n) is 2.73. The van der Waals surface area contributed by atoms with Crippen LogP contribution < -0.4 is 15.8 Å². The first kappa shape index (κ1) is 13.9. The summed E-state index contributed by atoms with van der Waals surface area (Å²) in [6.07, 6.45) is 4.02. The number of nitrogens with zero attached hydrogens (tertiary/aromatic N) is 2. The summed E-state index contributed by atoms with van der Waals surface area (Å²) < 4.78 is 7.17. The van der Waals surface area contributed by atoms with Crippen LogP contribution in [0.3, 0.4) is 0 Å². The Balaban J connectivity index is 1.80. The van der Waals surface area contributed by atoms with Crippen LogP contribution in [0.15, 0.2) is 36.7 Å². The summed E-state index contributed by atoms with van der Waals surface area (Å²) in [6, 6.07) is 7.56. The monoisotopic (exact) mass is 274 g/mol. The molecule has 20 heavy (non-hydrogen) atoms. The fourth-order valence-corrected chi connectivity index (χ4v) is 1.71. The molecule has 0 aliphatic carbocycles. The van der Waals surface area contributed by atoms with Gasteiger partial charge in [0.15, 0.2) is 0 Å². The number of anilines is 1. The lowest BCUT2D eigenvalue weighted by atomic mass is 10.3. The van der Waals surface area contributed by atoms with Gasteiger partial charge in [0, 0.05) is 31.0 Å². The molecule has 0 spiro atoms. The molecule has 0 bridgehead atoms. The van der Waals surface area contributed by atoms with E-state index in [4.69, 9.17) is 10.5 Å². The van der Waals surface area contributed by atoms with E-state index >= 15 is 0 Å². The van der Waals surface area contributed by atoms with Gasteiger partial charge in [0.25, 0.3) is 0 Å². The molecule has 0 unspecified atom stereocenters. The van der Waals surface area contributed by atoms with Crippen molar-refractivity contribution >= 4 is 11.6 Å². The topological polar surface area (TPSA) is 82.2 Å². The molecule has 2 rings (SSSR count). The Morgan fingerprint density at radius 2 is 2.15 bits per heavy atom. The molecule has 0 aliphatic heterocycles. The first-order valence-electron chi connectivity index (χ1n) is 6.36. The van der Waals surface area contributed by atoms with E-state index in [0.29, 0.717) is 6.61 Å². The van der Waals surface area contributed by atoms with E-state index in [-0.39, 0.29) is 12.3 Å². The highest BCUT2D eigenvalue weighted by Crippen LogP contribution is 2.16. The zero-order chi connectivity index (χ0) is 14.4. The number of hydrogen-bond acceptors (Lipinski definition) is 4. The molecule has 6 nitrogen and oxygen atoms in total. The number of rotatable bonds is 7. The second kappa shape index (κ2) is 6.60. The average Bonchev–Trinajstić information content (AvgIpc) is 2.83. The maximum atomic E-state index is 10.6. The number of primary amides is 1. The fraction of sp³-hybridized carbons (Fsp3) is 0.286. The van der Waals surface area contributed by atoms with Crippen molar-refractivity contribution in [3.05, 3.63) is 42.2 Å². The van der Waals surface area contributed by atoms with Crippen molar-refractivity contribution in [2.24, 2.45) is 12.8 Å². The van der Waals surface area contributed by atoms with Gasteiger partial charge in [0.1, 0.15) is 5.75 Å². The van der Waals surface area contributed by atoms with Crippen LogP contribution in [0.25, 0.3) is 0 Å². The molecule has 0 atom stereocenters. The van der Waals surface area contributed by atoms with Crippen LogP contribution in [-0.4, -0.2) is 22.3 Å². The van der Waals surface area contributed by atoms with Gasteiger partial charge in [0.2, 0.25) is 5.91 Å². The molecule has 1 aromatic heterocycles. The lowest BCUT2D eigenvalue weighted by Crippen LogP contribution is -2.14. The van der Waals surface area contributed by atoms with Crippen LogP contribution in [0, 0.1) is 0 Å². The molecule has 0 saturated carbocycles. The highest BCUT2D eigenvalue weighted by Gasteiger charge is 1.99. The molecular formula is C14H18N4O2. The summed E-state index contributed by atoms with van der Waals surface area (Å²) in [5.41, 5.74) is 7.16. The molecule has 0 saturated heterocycles. The van der Waals surface area contributed by atoms with Crippen LogP contribution in [0.4, 0.5) is 5.69 Å².